The maximum atomic E-state index is 14.6. The maximum Gasteiger partial charge on any atom is 0.266 e. The second kappa shape index (κ2) is 8.17. The van der Waals surface area contributed by atoms with Gasteiger partial charge < -0.3 is 10.3 Å². The number of aryl methyl sites for hydroxylation is 1. The van der Waals surface area contributed by atoms with Crippen LogP contribution in [0.5, 0.6) is 0 Å². The summed E-state index contributed by atoms with van der Waals surface area (Å²) in [7, 11) is 0. The molecule has 4 rings (SSSR count). The first-order valence-corrected chi connectivity index (χ1v) is 9.50. The van der Waals surface area contributed by atoms with Crippen molar-refractivity contribution in [3.63, 3.8) is 0 Å². The highest BCUT2D eigenvalue weighted by atomic mass is 19.3. The molecule has 9 heteroatoms. The molecule has 6 nitrogen and oxygen atoms in total. The fraction of sp³-hybridized carbons (Fsp3) is 0.182. The van der Waals surface area contributed by atoms with Crippen LogP contribution in [0.3, 0.4) is 0 Å². The van der Waals surface area contributed by atoms with Gasteiger partial charge in [0.05, 0.1) is 17.0 Å². The Hall–Kier alpha value is -3.75. The lowest BCUT2D eigenvalue weighted by Crippen LogP contribution is -2.15. The number of nitrogens with zero attached hydrogens (tertiary/aromatic N) is 3. The van der Waals surface area contributed by atoms with Crippen molar-refractivity contribution in [1.29, 1.82) is 0 Å². The fourth-order valence-electron chi connectivity index (χ4n) is 3.41. The van der Waals surface area contributed by atoms with E-state index in [1.807, 2.05) is 0 Å². The number of benzene rings is 1. The van der Waals surface area contributed by atoms with E-state index in [-0.39, 0.29) is 11.1 Å². The molecule has 0 aliphatic heterocycles. The molecule has 4 aromatic rings. The van der Waals surface area contributed by atoms with E-state index in [0.29, 0.717) is 33.8 Å². The molecular weight excluding hydrogens is 407 g/mol. The third-order valence-electron chi connectivity index (χ3n) is 4.93. The van der Waals surface area contributed by atoms with Crippen LogP contribution in [0.25, 0.3) is 22.2 Å². The van der Waals surface area contributed by atoms with Crippen molar-refractivity contribution in [2.75, 3.05) is 5.32 Å². The Kier molecular flexibility index (Phi) is 5.41. The van der Waals surface area contributed by atoms with Crippen LogP contribution in [-0.4, -0.2) is 19.9 Å². The molecule has 0 radical (unpaired) electrons. The average molecular weight is 425 g/mol. The third kappa shape index (κ3) is 3.98. The van der Waals surface area contributed by atoms with Gasteiger partial charge in [-0.2, -0.15) is 0 Å². The van der Waals surface area contributed by atoms with Gasteiger partial charge in [0.1, 0.15) is 23.1 Å². The number of hydrogen-bond donors (Lipinski definition) is 2. The van der Waals surface area contributed by atoms with Crippen molar-refractivity contribution in [2.45, 2.75) is 26.3 Å². The van der Waals surface area contributed by atoms with E-state index in [2.05, 4.69) is 25.3 Å². The van der Waals surface area contributed by atoms with Gasteiger partial charge in [-0.1, -0.05) is 18.2 Å². The van der Waals surface area contributed by atoms with E-state index in [1.54, 1.807) is 44.4 Å². The van der Waals surface area contributed by atoms with Crippen molar-refractivity contribution in [3.05, 3.63) is 81.9 Å². The zero-order valence-corrected chi connectivity index (χ0v) is 16.7. The Labute approximate surface area is 175 Å². The molecule has 0 saturated heterocycles. The first-order valence-electron chi connectivity index (χ1n) is 9.50. The molecule has 0 bridgehead atoms. The Morgan fingerprint density at radius 1 is 1.06 bits per heavy atom. The van der Waals surface area contributed by atoms with Crippen molar-refractivity contribution in [3.8, 4) is 11.1 Å². The van der Waals surface area contributed by atoms with Crippen molar-refractivity contribution in [2.24, 2.45) is 0 Å². The number of rotatable bonds is 5. The molecule has 0 spiro atoms. The number of fused-ring (bicyclic) bond motifs is 1. The molecular formula is C22H18F3N5O. The molecule has 1 aromatic carbocycles. The summed E-state index contributed by atoms with van der Waals surface area (Å²) in [5.74, 6) is -0.224. The summed E-state index contributed by atoms with van der Waals surface area (Å²) in [6, 6.07) is 8.27. The van der Waals surface area contributed by atoms with Gasteiger partial charge in [-0.05, 0) is 37.6 Å². The van der Waals surface area contributed by atoms with Gasteiger partial charge in [0, 0.05) is 23.5 Å². The topological polar surface area (TPSA) is 83.6 Å². The normalized spacial score (nSPS) is 12.3. The quantitative estimate of drug-likeness (QED) is 0.473. The Morgan fingerprint density at radius 3 is 2.48 bits per heavy atom. The molecule has 2 N–H and O–H groups in total. The third-order valence-corrected chi connectivity index (χ3v) is 4.93. The Bertz CT molecular complexity index is 1310. The summed E-state index contributed by atoms with van der Waals surface area (Å²) in [5.41, 5.74) is 0.468. The predicted octanol–water partition coefficient (Wildman–Crippen LogP) is 4.94. The molecule has 0 aliphatic rings. The lowest BCUT2D eigenvalue weighted by atomic mass is 10.0. The Balaban J connectivity index is 1.81. The number of nitrogens with one attached hydrogen (secondary N) is 2. The molecule has 158 valence electrons. The molecule has 0 amide bonds. The zero-order valence-electron chi connectivity index (χ0n) is 16.7. The summed E-state index contributed by atoms with van der Waals surface area (Å²) in [6.07, 6.45) is 0.233. The van der Waals surface area contributed by atoms with Crippen LogP contribution < -0.4 is 10.9 Å². The van der Waals surface area contributed by atoms with Gasteiger partial charge in [-0.25, -0.2) is 23.1 Å². The van der Waals surface area contributed by atoms with Crippen molar-refractivity contribution < 1.29 is 13.2 Å². The predicted molar refractivity (Wildman–Crippen MR) is 112 cm³/mol. The molecule has 0 unspecified atom stereocenters. The van der Waals surface area contributed by atoms with E-state index >= 15 is 0 Å². The summed E-state index contributed by atoms with van der Waals surface area (Å²) < 4.78 is 40.8. The summed E-state index contributed by atoms with van der Waals surface area (Å²) in [4.78, 5) is 27.9. The maximum absolute atomic E-state index is 14.6. The SMILES string of the molecule is Cc1nc(N[C@H](C)c2cccc(C(F)F)c2F)c2cc(-c3ccncc3)c(=O)[nH]c2n1. The number of aromatic nitrogens is 4. The summed E-state index contributed by atoms with van der Waals surface area (Å²) in [5, 5.41) is 3.59. The van der Waals surface area contributed by atoms with Crippen LogP contribution >= 0.6 is 0 Å². The number of H-pyrrole nitrogens is 1. The minimum absolute atomic E-state index is 0.0843. The van der Waals surface area contributed by atoms with Gasteiger partial charge in [-0.3, -0.25) is 9.78 Å². The first kappa shape index (κ1) is 20.5. The minimum atomic E-state index is -2.91. The van der Waals surface area contributed by atoms with Crippen LogP contribution in [0.15, 0.2) is 53.6 Å². The smallest absolute Gasteiger partial charge is 0.266 e. The van der Waals surface area contributed by atoms with Gasteiger partial charge in [0.15, 0.2) is 0 Å². The number of halogens is 3. The highest BCUT2D eigenvalue weighted by molar-refractivity contribution is 5.90. The summed E-state index contributed by atoms with van der Waals surface area (Å²) in [6.45, 7) is 3.30. The minimum Gasteiger partial charge on any atom is -0.363 e. The largest absolute Gasteiger partial charge is 0.363 e. The number of anilines is 1. The molecule has 1 atom stereocenters. The molecule has 0 aliphatic carbocycles. The van der Waals surface area contributed by atoms with Crippen LogP contribution in [0.4, 0.5) is 19.0 Å². The van der Waals surface area contributed by atoms with Gasteiger partial charge in [0.2, 0.25) is 0 Å². The van der Waals surface area contributed by atoms with E-state index in [9.17, 15) is 18.0 Å². The van der Waals surface area contributed by atoms with Gasteiger partial charge in [-0.15, -0.1) is 0 Å². The van der Waals surface area contributed by atoms with Gasteiger partial charge >= 0.3 is 0 Å². The highest BCUT2D eigenvalue weighted by Crippen LogP contribution is 2.30. The fourth-order valence-corrected chi connectivity index (χ4v) is 3.41. The number of pyridine rings is 2. The average Bonchev–Trinajstić information content (AvgIpc) is 2.73. The molecule has 3 heterocycles. The molecule has 0 saturated carbocycles. The zero-order chi connectivity index (χ0) is 22.1. The molecule has 3 aromatic heterocycles. The number of alkyl halides is 2. The van der Waals surface area contributed by atoms with Crippen LogP contribution in [0, 0.1) is 12.7 Å². The second-order valence-corrected chi connectivity index (χ2v) is 7.05. The van der Waals surface area contributed by atoms with Crippen LogP contribution in [0.1, 0.15) is 36.3 Å². The van der Waals surface area contributed by atoms with E-state index < -0.39 is 23.8 Å². The first-order chi connectivity index (χ1) is 14.8. The lowest BCUT2D eigenvalue weighted by molar-refractivity contribution is 0.146. The lowest BCUT2D eigenvalue weighted by Gasteiger charge is -2.18. The van der Waals surface area contributed by atoms with Crippen LogP contribution in [0.2, 0.25) is 0 Å². The van der Waals surface area contributed by atoms with Crippen molar-refractivity contribution >= 4 is 16.9 Å². The molecule has 31 heavy (non-hydrogen) atoms. The molecule has 0 fully saturated rings. The van der Waals surface area contributed by atoms with Crippen molar-refractivity contribution in [1.82, 2.24) is 19.9 Å². The monoisotopic (exact) mass is 425 g/mol. The second-order valence-electron chi connectivity index (χ2n) is 7.05. The van der Waals surface area contributed by atoms with E-state index in [0.717, 1.165) is 6.07 Å². The number of hydrogen-bond acceptors (Lipinski definition) is 5. The van der Waals surface area contributed by atoms with E-state index in [1.165, 1.54) is 12.1 Å². The summed E-state index contributed by atoms with van der Waals surface area (Å²) >= 11 is 0. The van der Waals surface area contributed by atoms with Gasteiger partial charge in [0.25, 0.3) is 12.0 Å². The van der Waals surface area contributed by atoms with E-state index in [4.69, 9.17) is 0 Å². The van der Waals surface area contributed by atoms with Crippen LogP contribution in [-0.2, 0) is 0 Å². The highest BCUT2D eigenvalue weighted by Gasteiger charge is 2.21. The Morgan fingerprint density at radius 2 is 1.77 bits per heavy atom. The number of aromatic amines is 1. The standard InChI is InChI=1S/C22H18F3N5O/c1-11(14-4-3-5-15(18(14)23)19(24)25)27-20-17-10-16(13-6-8-26-9-7-13)22(31)30-21(17)29-12(2)28-20/h3-11,19H,1-2H3,(H2,27,28,29,30,31)/t11-/m1/s1.